The smallest absolute Gasteiger partial charge is 0.230 e. The van der Waals surface area contributed by atoms with Gasteiger partial charge in [-0.15, -0.1) is 0 Å². The quantitative estimate of drug-likeness (QED) is 0.631. The largest absolute Gasteiger partial charge is 0.493 e. The monoisotopic (exact) mass is 396 g/mol. The van der Waals surface area contributed by atoms with Crippen LogP contribution in [0.15, 0.2) is 42.5 Å². The van der Waals surface area contributed by atoms with Gasteiger partial charge in [0.2, 0.25) is 11.8 Å². The number of nitrogens with zero attached hydrogens (tertiary/aromatic N) is 1. The Labute approximate surface area is 174 Å². The van der Waals surface area contributed by atoms with Crippen molar-refractivity contribution in [2.75, 3.05) is 23.9 Å². The molecule has 0 saturated carbocycles. The van der Waals surface area contributed by atoms with Crippen LogP contribution in [0.3, 0.4) is 0 Å². The highest BCUT2D eigenvalue weighted by Gasteiger charge is 2.27. The Morgan fingerprint density at radius 2 is 1.72 bits per heavy atom. The van der Waals surface area contributed by atoms with E-state index in [2.05, 4.69) is 17.4 Å². The number of benzene rings is 2. The van der Waals surface area contributed by atoms with Crippen molar-refractivity contribution >= 4 is 23.2 Å². The predicted octanol–water partition coefficient (Wildman–Crippen LogP) is 5.11. The number of anilines is 2. The van der Waals surface area contributed by atoms with E-state index in [1.54, 1.807) is 11.9 Å². The summed E-state index contributed by atoms with van der Waals surface area (Å²) in [6, 6.07) is 13.4. The number of amides is 2. The standard InChI is InChI=1S/C24H32N2O3/c1-17-8-9-18(2)22(16-17)29-15-7-14-24(4,5)23(28)25-20-10-12-21(13-11-20)26(6)19(3)27/h8-13,16H,7,14-15H2,1-6H3,(H,25,28). The van der Waals surface area contributed by atoms with Gasteiger partial charge in [-0.3, -0.25) is 9.59 Å². The minimum absolute atomic E-state index is 0.0306. The molecule has 0 saturated heterocycles. The SMILES string of the molecule is CC(=O)N(C)c1ccc(NC(=O)C(C)(C)CCCOc2cc(C)ccc2C)cc1. The second-order valence-electron chi connectivity index (χ2n) is 8.18. The van der Waals surface area contributed by atoms with Crippen LogP contribution in [-0.4, -0.2) is 25.5 Å². The summed E-state index contributed by atoms with van der Waals surface area (Å²) in [5.74, 6) is 0.839. The van der Waals surface area contributed by atoms with Gasteiger partial charge in [0, 0.05) is 30.8 Å². The van der Waals surface area contributed by atoms with Crippen molar-refractivity contribution in [3.05, 3.63) is 53.6 Å². The number of hydrogen-bond acceptors (Lipinski definition) is 3. The summed E-state index contributed by atoms with van der Waals surface area (Å²) >= 11 is 0. The lowest BCUT2D eigenvalue weighted by molar-refractivity contribution is -0.124. The van der Waals surface area contributed by atoms with Crippen LogP contribution in [-0.2, 0) is 9.59 Å². The number of nitrogens with one attached hydrogen (secondary N) is 1. The molecule has 0 heterocycles. The summed E-state index contributed by atoms with van der Waals surface area (Å²) < 4.78 is 5.90. The van der Waals surface area contributed by atoms with E-state index in [1.807, 2.05) is 58.0 Å². The fourth-order valence-corrected chi connectivity index (χ4v) is 2.92. The lowest BCUT2D eigenvalue weighted by Gasteiger charge is -2.24. The first kappa shape index (κ1) is 22.5. The van der Waals surface area contributed by atoms with Gasteiger partial charge < -0.3 is 15.0 Å². The highest BCUT2D eigenvalue weighted by Crippen LogP contribution is 2.26. The maximum atomic E-state index is 12.7. The first-order valence-corrected chi connectivity index (χ1v) is 9.96. The molecule has 0 unspecified atom stereocenters. The van der Waals surface area contributed by atoms with Gasteiger partial charge in [-0.05, 0) is 68.1 Å². The summed E-state index contributed by atoms with van der Waals surface area (Å²) in [6.07, 6.45) is 1.50. The van der Waals surface area contributed by atoms with Crippen molar-refractivity contribution in [1.29, 1.82) is 0 Å². The van der Waals surface area contributed by atoms with E-state index in [1.165, 1.54) is 12.5 Å². The molecule has 5 heteroatoms. The molecule has 0 fully saturated rings. The molecule has 2 aromatic carbocycles. The third-order valence-electron chi connectivity index (χ3n) is 5.15. The Kier molecular flexibility index (Phi) is 7.43. The number of aryl methyl sites for hydroxylation is 2. The number of ether oxygens (including phenoxy) is 1. The van der Waals surface area contributed by atoms with E-state index in [0.29, 0.717) is 6.61 Å². The second kappa shape index (κ2) is 9.59. The van der Waals surface area contributed by atoms with Gasteiger partial charge in [0.05, 0.1) is 6.61 Å². The van der Waals surface area contributed by atoms with E-state index < -0.39 is 5.41 Å². The maximum absolute atomic E-state index is 12.7. The minimum Gasteiger partial charge on any atom is -0.493 e. The Bertz CT molecular complexity index is 857. The number of hydrogen-bond donors (Lipinski definition) is 1. The highest BCUT2D eigenvalue weighted by atomic mass is 16.5. The fourth-order valence-electron chi connectivity index (χ4n) is 2.92. The number of carbonyl (C=O) groups is 2. The molecule has 2 aromatic rings. The first-order chi connectivity index (χ1) is 13.6. The van der Waals surface area contributed by atoms with Crippen molar-refractivity contribution in [2.45, 2.75) is 47.5 Å². The van der Waals surface area contributed by atoms with E-state index >= 15 is 0 Å². The number of carbonyl (C=O) groups excluding carboxylic acids is 2. The van der Waals surface area contributed by atoms with Crippen LogP contribution in [0.4, 0.5) is 11.4 Å². The summed E-state index contributed by atoms with van der Waals surface area (Å²) in [5.41, 5.74) is 3.28. The minimum atomic E-state index is -0.514. The molecule has 29 heavy (non-hydrogen) atoms. The third kappa shape index (κ3) is 6.34. The van der Waals surface area contributed by atoms with Crippen molar-refractivity contribution in [3.8, 4) is 5.75 Å². The molecule has 0 aliphatic carbocycles. The van der Waals surface area contributed by atoms with Gasteiger partial charge in [-0.25, -0.2) is 0 Å². The maximum Gasteiger partial charge on any atom is 0.230 e. The Morgan fingerprint density at radius 3 is 2.34 bits per heavy atom. The molecule has 5 nitrogen and oxygen atoms in total. The average molecular weight is 397 g/mol. The van der Waals surface area contributed by atoms with Crippen LogP contribution in [0.1, 0.15) is 44.7 Å². The van der Waals surface area contributed by atoms with Crippen LogP contribution in [0, 0.1) is 19.3 Å². The zero-order chi connectivity index (χ0) is 21.6. The van der Waals surface area contributed by atoms with Gasteiger partial charge >= 0.3 is 0 Å². The fraction of sp³-hybridized carbons (Fsp3) is 0.417. The van der Waals surface area contributed by atoms with E-state index in [0.717, 1.165) is 35.5 Å². The normalized spacial score (nSPS) is 11.1. The van der Waals surface area contributed by atoms with Gasteiger partial charge in [-0.2, -0.15) is 0 Å². The molecule has 0 bridgehead atoms. The Morgan fingerprint density at radius 1 is 1.07 bits per heavy atom. The summed E-state index contributed by atoms with van der Waals surface area (Å²) in [6.45, 7) is 10.1. The van der Waals surface area contributed by atoms with Gasteiger partial charge in [-0.1, -0.05) is 26.0 Å². The molecule has 0 aliphatic heterocycles. The van der Waals surface area contributed by atoms with Crippen LogP contribution in [0.5, 0.6) is 5.75 Å². The molecule has 0 spiro atoms. The zero-order valence-corrected chi connectivity index (χ0v) is 18.3. The van der Waals surface area contributed by atoms with Crippen LogP contribution < -0.4 is 15.0 Å². The predicted molar refractivity (Wildman–Crippen MR) is 119 cm³/mol. The Hall–Kier alpha value is -2.82. The molecule has 156 valence electrons. The van der Waals surface area contributed by atoms with Gasteiger partial charge in [0.25, 0.3) is 0 Å². The molecular formula is C24H32N2O3. The molecule has 0 aliphatic rings. The molecule has 2 rings (SSSR count). The lowest BCUT2D eigenvalue weighted by atomic mass is 9.87. The van der Waals surface area contributed by atoms with Crippen LogP contribution in [0.2, 0.25) is 0 Å². The molecule has 0 radical (unpaired) electrons. The lowest BCUT2D eigenvalue weighted by Crippen LogP contribution is -2.31. The summed E-state index contributed by atoms with van der Waals surface area (Å²) in [7, 11) is 1.72. The first-order valence-electron chi connectivity index (χ1n) is 9.96. The molecule has 2 amide bonds. The van der Waals surface area contributed by atoms with E-state index in [-0.39, 0.29) is 11.8 Å². The van der Waals surface area contributed by atoms with E-state index in [4.69, 9.17) is 4.74 Å². The van der Waals surface area contributed by atoms with Crippen LogP contribution in [0.25, 0.3) is 0 Å². The molecule has 0 atom stereocenters. The third-order valence-corrected chi connectivity index (χ3v) is 5.15. The second-order valence-corrected chi connectivity index (χ2v) is 8.18. The zero-order valence-electron chi connectivity index (χ0n) is 18.3. The van der Waals surface area contributed by atoms with E-state index in [9.17, 15) is 9.59 Å². The average Bonchev–Trinajstić information content (AvgIpc) is 2.67. The highest BCUT2D eigenvalue weighted by molar-refractivity contribution is 5.95. The van der Waals surface area contributed by atoms with Crippen molar-refractivity contribution in [1.82, 2.24) is 0 Å². The number of rotatable bonds is 8. The molecule has 0 aromatic heterocycles. The molecule has 1 N–H and O–H groups in total. The van der Waals surface area contributed by atoms with Gasteiger partial charge in [0.15, 0.2) is 0 Å². The topological polar surface area (TPSA) is 58.6 Å². The molecular weight excluding hydrogens is 364 g/mol. The van der Waals surface area contributed by atoms with Crippen molar-refractivity contribution < 1.29 is 14.3 Å². The van der Waals surface area contributed by atoms with Crippen LogP contribution >= 0.6 is 0 Å². The van der Waals surface area contributed by atoms with Crippen molar-refractivity contribution in [3.63, 3.8) is 0 Å². The summed E-state index contributed by atoms with van der Waals surface area (Å²) in [4.78, 5) is 25.7. The van der Waals surface area contributed by atoms with Gasteiger partial charge in [0.1, 0.15) is 5.75 Å². The Balaban J connectivity index is 1.86. The summed E-state index contributed by atoms with van der Waals surface area (Å²) in [5, 5.41) is 2.97. The van der Waals surface area contributed by atoms with Crippen molar-refractivity contribution in [2.24, 2.45) is 5.41 Å².